The van der Waals surface area contributed by atoms with E-state index in [-0.39, 0.29) is 49.6 Å². The number of hydrogen-bond donors (Lipinski definition) is 3. The van der Waals surface area contributed by atoms with Gasteiger partial charge in [-0.2, -0.15) is 0 Å². The zero-order valence-corrected chi connectivity index (χ0v) is 30.9. The Kier molecular flexibility index (Phi) is 12.2. The molecule has 1 saturated heterocycles. The van der Waals surface area contributed by atoms with Crippen molar-refractivity contribution < 1.29 is 33.8 Å². The first-order valence-electron chi connectivity index (χ1n) is 18.8. The van der Waals surface area contributed by atoms with Crippen molar-refractivity contribution in [1.29, 1.82) is 0 Å². The van der Waals surface area contributed by atoms with Crippen LogP contribution >= 0.6 is 0 Å². The van der Waals surface area contributed by atoms with Crippen molar-refractivity contribution in [3.8, 4) is 0 Å². The van der Waals surface area contributed by atoms with E-state index in [1.165, 1.54) is 12.4 Å². The summed E-state index contributed by atoms with van der Waals surface area (Å²) < 4.78 is 11.0. The molecule has 0 saturated carbocycles. The Hall–Kier alpha value is -5.00. The van der Waals surface area contributed by atoms with Gasteiger partial charge in [0.05, 0.1) is 43.1 Å². The van der Waals surface area contributed by atoms with Crippen LogP contribution in [0, 0.1) is 23.7 Å². The van der Waals surface area contributed by atoms with E-state index in [9.17, 15) is 19.5 Å². The van der Waals surface area contributed by atoms with Crippen LogP contribution in [-0.2, 0) is 43.1 Å². The molecule has 0 radical (unpaired) electrons. The summed E-state index contributed by atoms with van der Waals surface area (Å²) in [6.45, 7) is 4.72. The Labute approximate surface area is 316 Å². The summed E-state index contributed by atoms with van der Waals surface area (Å²) in [5, 5.41) is 14.9. The van der Waals surface area contributed by atoms with Gasteiger partial charge in [-0.05, 0) is 41.9 Å². The van der Waals surface area contributed by atoms with Gasteiger partial charge in [-0.1, -0.05) is 105 Å². The van der Waals surface area contributed by atoms with Gasteiger partial charge in [-0.3, -0.25) is 24.4 Å². The van der Waals surface area contributed by atoms with Gasteiger partial charge in [0.25, 0.3) is 0 Å². The molecule has 3 aromatic rings. The third-order valence-electron chi connectivity index (χ3n) is 10.9. The zero-order valence-electron chi connectivity index (χ0n) is 30.9. The van der Waals surface area contributed by atoms with Crippen molar-refractivity contribution in [2.45, 2.75) is 81.7 Å². The van der Waals surface area contributed by atoms with E-state index < -0.39 is 59.1 Å². The number of alkyl carbamates (subject to hydrolysis) is 1. The first kappa shape index (κ1) is 38.7. The van der Waals surface area contributed by atoms with Crippen molar-refractivity contribution in [2.75, 3.05) is 13.2 Å². The van der Waals surface area contributed by atoms with Crippen LogP contribution in [0.5, 0.6) is 0 Å². The molecule has 3 aromatic carbocycles. The maximum Gasteiger partial charge on any atom is 0.407 e. The number of aliphatic hydroxyl groups excluding tert-OH is 1. The molecule has 0 spiro atoms. The van der Waals surface area contributed by atoms with E-state index in [4.69, 9.17) is 25.2 Å². The second-order valence-electron chi connectivity index (χ2n) is 15.3. The van der Waals surface area contributed by atoms with Crippen LogP contribution in [0.15, 0.2) is 101 Å². The number of rotatable bonds is 16. The van der Waals surface area contributed by atoms with Crippen LogP contribution in [0.2, 0.25) is 0 Å². The Bertz CT molecular complexity index is 1830. The zero-order chi connectivity index (χ0) is 38.3. The van der Waals surface area contributed by atoms with Crippen molar-refractivity contribution in [3.05, 3.63) is 108 Å². The van der Waals surface area contributed by atoms with Gasteiger partial charge in [-0.15, -0.1) is 0 Å². The second-order valence-corrected chi connectivity index (χ2v) is 15.3. The fourth-order valence-electron chi connectivity index (χ4n) is 8.18. The SMILES string of the molecule is CC(C)C[C@@]1(C2C=N[C@@](Cc3ccccc3)(C[C@H](O)[C@H](Cc3ccccc3)NC(=O)O[C@@H]3CCOC3)C2=O)N=CC([C@@H](Cc2ccccc2)C(N)=O)C1=O. The highest BCUT2D eigenvalue weighted by molar-refractivity contribution is 6.17. The van der Waals surface area contributed by atoms with Crippen LogP contribution < -0.4 is 11.1 Å². The number of carbonyl (C=O) groups is 4. The van der Waals surface area contributed by atoms with Crippen LogP contribution in [0.25, 0.3) is 0 Å². The minimum atomic E-state index is -1.51. The van der Waals surface area contributed by atoms with Crippen LogP contribution in [0.4, 0.5) is 4.79 Å². The number of amides is 2. The van der Waals surface area contributed by atoms with Gasteiger partial charge >= 0.3 is 6.09 Å². The highest BCUT2D eigenvalue weighted by atomic mass is 16.6. The first-order valence-corrected chi connectivity index (χ1v) is 18.8. The van der Waals surface area contributed by atoms with Crippen molar-refractivity contribution in [2.24, 2.45) is 39.4 Å². The van der Waals surface area contributed by atoms with Crippen LogP contribution in [0.3, 0.4) is 0 Å². The lowest BCUT2D eigenvalue weighted by molar-refractivity contribution is -0.136. The van der Waals surface area contributed by atoms with E-state index >= 15 is 4.79 Å². The molecular weight excluding hydrogens is 684 g/mol. The monoisotopic (exact) mass is 734 g/mol. The van der Waals surface area contributed by atoms with Crippen LogP contribution in [0.1, 0.15) is 49.8 Å². The Morgan fingerprint density at radius 2 is 1.48 bits per heavy atom. The summed E-state index contributed by atoms with van der Waals surface area (Å²) >= 11 is 0. The number of nitrogens with one attached hydrogen (secondary N) is 1. The standard InChI is InChI=1S/C43H50N4O7/c1-28(2)22-43(38(49)34(25-46-43)33(40(44)51)20-29-12-6-3-7-13-29)35-26-45-42(39(35)50,23-31-16-10-5-11-17-31)24-37(48)36(21-30-14-8-4-9-15-30)47-41(52)54-32-18-19-53-27-32/h3-17,25-26,28,32-37,48H,18-24,27H2,1-2H3,(H2,44,51)(H,47,52)/t32-,33-,34?,35?,36+,37+,42+,43+/m1/s1. The lowest BCUT2D eigenvalue weighted by atomic mass is 9.67. The van der Waals surface area contributed by atoms with Crippen LogP contribution in [-0.4, -0.2) is 83.6 Å². The molecular formula is C43H50N4O7. The number of nitrogens with two attached hydrogens (primary N) is 1. The highest BCUT2D eigenvalue weighted by Gasteiger charge is 2.61. The van der Waals surface area contributed by atoms with Gasteiger partial charge in [0.1, 0.15) is 17.2 Å². The largest absolute Gasteiger partial charge is 0.444 e. The number of hydrogen-bond acceptors (Lipinski definition) is 9. The molecule has 0 bridgehead atoms. The number of benzene rings is 3. The Morgan fingerprint density at radius 1 is 0.870 bits per heavy atom. The number of ketones is 2. The summed E-state index contributed by atoms with van der Waals surface area (Å²) in [5.41, 5.74) is 5.47. The molecule has 3 heterocycles. The van der Waals surface area contributed by atoms with Gasteiger partial charge in [0, 0.05) is 31.7 Å². The molecule has 4 N–H and O–H groups in total. The minimum absolute atomic E-state index is 0.0438. The molecule has 54 heavy (non-hydrogen) atoms. The fraction of sp³-hybridized carbons (Fsp3) is 0.442. The molecule has 0 aromatic heterocycles. The smallest absolute Gasteiger partial charge is 0.407 e. The summed E-state index contributed by atoms with van der Waals surface area (Å²) in [6.07, 6.45) is 2.06. The lowest BCUT2D eigenvalue weighted by Crippen LogP contribution is -2.55. The number of aliphatic imine (C=N–C) groups is 2. The molecule has 1 fully saturated rings. The Morgan fingerprint density at radius 3 is 2.06 bits per heavy atom. The van der Waals surface area contributed by atoms with Gasteiger partial charge in [0.15, 0.2) is 11.6 Å². The predicted molar refractivity (Wildman–Crippen MR) is 205 cm³/mol. The van der Waals surface area contributed by atoms with E-state index in [2.05, 4.69) is 5.32 Å². The molecule has 8 atom stereocenters. The molecule has 2 unspecified atom stereocenters. The van der Waals surface area contributed by atoms with Gasteiger partial charge in [-0.25, -0.2) is 4.79 Å². The number of primary amides is 1. The van der Waals surface area contributed by atoms with Crippen molar-refractivity contribution >= 4 is 36.0 Å². The molecule has 284 valence electrons. The predicted octanol–water partition coefficient (Wildman–Crippen LogP) is 4.51. The molecule has 11 nitrogen and oxygen atoms in total. The quantitative estimate of drug-likeness (QED) is 0.195. The number of Topliss-reactive ketones (excluding diaryl/α,β-unsaturated/α-hetero) is 2. The van der Waals surface area contributed by atoms with E-state index in [1.807, 2.05) is 105 Å². The third kappa shape index (κ3) is 8.69. The van der Waals surface area contributed by atoms with E-state index in [1.54, 1.807) is 0 Å². The summed E-state index contributed by atoms with van der Waals surface area (Å²) in [7, 11) is 0. The van der Waals surface area contributed by atoms with Crippen molar-refractivity contribution in [3.63, 3.8) is 0 Å². The number of ether oxygens (including phenoxy) is 2. The summed E-state index contributed by atoms with van der Waals surface area (Å²) in [4.78, 5) is 65.7. The number of carbonyl (C=O) groups excluding carboxylic acids is 4. The van der Waals surface area contributed by atoms with E-state index in [0.29, 0.717) is 19.6 Å². The second kappa shape index (κ2) is 17.0. The average Bonchev–Trinajstić information content (AvgIpc) is 3.86. The van der Waals surface area contributed by atoms with Gasteiger partial charge < -0.3 is 25.6 Å². The molecule has 0 aliphatic carbocycles. The highest BCUT2D eigenvalue weighted by Crippen LogP contribution is 2.45. The molecule has 3 aliphatic heterocycles. The topological polar surface area (TPSA) is 170 Å². The lowest BCUT2D eigenvalue weighted by Gasteiger charge is -2.36. The van der Waals surface area contributed by atoms with Gasteiger partial charge in [0.2, 0.25) is 5.91 Å². The number of nitrogens with zero attached hydrogens (tertiary/aromatic N) is 2. The minimum Gasteiger partial charge on any atom is -0.444 e. The fourth-order valence-corrected chi connectivity index (χ4v) is 8.18. The maximum atomic E-state index is 15.1. The molecule has 11 heteroatoms. The average molecular weight is 735 g/mol. The summed E-state index contributed by atoms with van der Waals surface area (Å²) in [6, 6.07) is 27.4. The molecule has 3 aliphatic rings. The summed E-state index contributed by atoms with van der Waals surface area (Å²) in [5.74, 6) is -4.18. The third-order valence-corrected chi connectivity index (χ3v) is 10.9. The Balaban J connectivity index is 1.31. The van der Waals surface area contributed by atoms with E-state index in [0.717, 1.165) is 16.7 Å². The molecule has 6 rings (SSSR count). The number of aliphatic hydroxyl groups is 1. The van der Waals surface area contributed by atoms with Crippen molar-refractivity contribution in [1.82, 2.24) is 5.32 Å². The first-order chi connectivity index (χ1) is 26.0. The molecule has 2 amide bonds. The maximum absolute atomic E-state index is 15.1. The normalized spacial score (nSPS) is 26.6.